The van der Waals surface area contributed by atoms with Gasteiger partial charge in [0.2, 0.25) is 5.91 Å². The second-order valence-corrected chi connectivity index (χ2v) is 5.51. The van der Waals surface area contributed by atoms with E-state index in [9.17, 15) is 4.79 Å². The van der Waals surface area contributed by atoms with Gasteiger partial charge in [-0.1, -0.05) is 13.8 Å². The minimum absolute atomic E-state index is 0.0875. The maximum Gasteiger partial charge on any atom is 0.225 e. The topological polar surface area (TPSA) is 85.8 Å². The number of rotatable bonds is 5. The van der Waals surface area contributed by atoms with Crippen LogP contribution in [0.1, 0.15) is 20.3 Å². The molecule has 0 atom stereocenters. The summed E-state index contributed by atoms with van der Waals surface area (Å²) in [6.45, 7) is 3.98. The largest absolute Gasteiger partial charge is 0.461 e. The first-order valence-corrected chi connectivity index (χ1v) is 7.34. The van der Waals surface area contributed by atoms with Gasteiger partial charge in [-0.2, -0.15) is 5.10 Å². The Labute approximate surface area is 133 Å². The fourth-order valence-corrected chi connectivity index (χ4v) is 2.10. The van der Waals surface area contributed by atoms with Crippen molar-refractivity contribution < 1.29 is 9.21 Å². The zero-order valence-corrected chi connectivity index (χ0v) is 12.9. The van der Waals surface area contributed by atoms with Crippen molar-refractivity contribution in [2.24, 2.45) is 5.92 Å². The van der Waals surface area contributed by atoms with Crippen LogP contribution >= 0.6 is 0 Å². The molecule has 0 aliphatic carbocycles. The monoisotopic (exact) mass is 311 g/mol. The SMILES string of the molecule is CC(C)CC(=O)Nc1cc(-n2cccn2)nc(-c2ccco2)n1. The maximum absolute atomic E-state index is 12.0. The lowest BCUT2D eigenvalue weighted by Crippen LogP contribution is -2.16. The predicted molar refractivity (Wildman–Crippen MR) is 84.9 cm³/mol. The van der Waals surface area contributed by atoms with E-state index in [0.717, 1.165) is 0 Å². The van der Waals surface area contributed by atoms with Crippen molar-refractivity contribution in [1.82, 2.24) is 19.7 Å². The van der Waals surface area contributed by atoms with Crippen LogP contribution in [-0.4, -0.2) is 25.7 Å². The molecule has 0 radical (unpaired) electrons. The molecule has 3 aromatic rings. The summed E-state index contributed by atoms with van der Waals surface area (Å²) in [4.78, 5) is 20.8. The molecule has 0 spiro atoms. The third-order valence-electron chi connectivity index (χ3n) is 3.05. The van der Waals surface area contributed by atoms with Gasteiger partial charge in [0.15, 0.2) is 17.4 Å². The number of carbonyl (C=O) groups excluding carboxylic acids is 1. The molecule has 118 valence electrons. The van der Waals surface area contributed by atoms with Crippen molar-refractivity contribution >= 4 is 11.7 Å². The van der Waals surface area contributed by atoms with Gasteiger partial charge < -0.3 is 9.73 Å². The number of anilines is 1. The van der Waals surface area contributed by atoms with Crippen LogP contribution < -0.4 is 5.32 Å². The highest BCUT2D eigenvalue weighted by atomic mass is 16.3. The molecule has 0 fully saturated rings. The first-order chi connectivity index (χ1) is 11.1. The molecule has 3 aromatic heterocycles. The number of carbonyl (C=O) groups is 1. The molecular formula is C16H17N5O2. The van der Waals surface area contributed by atoms with E-state index in [-0.39, 0.29) is 11.8 Å². The average Bonchev–Trinajstić information content (AvgIpc) is 3.20. The zero-order chi connectivity index (χ0) is 16.2. The van der Waals surface area contributed by atoms with Gasteiger partial charge in [0.05, 0.1) is 6.26 Å². The highest BCUT2D eigenvalue weighted by molar-refractivity contribution is 5.90. The molecule has 7 heteroatoms. The van der Waals surface area contributed by atoms with Crippen molar-refractivity contribution in [2.45, 2.75) is 20.3 Å². The average molecular weight is 311 g/mol. The van der Waals surface area contributed by atoms with Crippen molar-refractivity contribution in [2.75, 3.05) is 5.32 Å². The Hall–Kier alpha value is -2.96. The zero-order valence-electron chi connectivity index (χ0n) is 12.9. The molecule has 0 aliphatic heterocycles. The summed E-state index contributed by atoms with van der Waals surface area (Å²) in [7, 11) is 0. The van der Waals surface area contributed by atoms with Crippen LogP contribution in [0.15, 0.2) is 47.3 Å². The van der Waals surface area contributed by atoms with Crippen LogP contribution in [0.25, 0.3) is 17.4 Å². The predicted octanol–water partition coefficient (Wildman–Crippen LogP) is 2.91. The van der Waals surface area contributed by atoms with Gasteiger partial charge in [0, 0.05) is 24.9 Å². The van der Waals surface area contributed by atoms with Crippen molar-refractivity contribution in [1.29, 1.82) is 0 Å². The summed E-state index contributed by atoms with van der Waals surface area (Å²) in [6.07, 6.45) is 5.41. The van der Waals surface area contributed by atoms with Gasteiger partial charge in [-0.05, 0) is 24.1 Å². The van der Waals surface area contributed by atoms with Gasteiger partial charge in [0.25, 0.3) is 0 Å². The van der Waals surface area contributed by atoms with Crippen LogP contribution in [-0.2, 0) is 4.79 Å². The number of nitrogens with one attached hydrogen (secondary N) is 1. The molecule has 0 bridgehead atoms. The molecular weight excluding hydrogens is 294 g/mol. The standard InChI is InChI=1S/C16H17N5O2/c1-11(2)9-15(22)18-13-10-14(21-7-4-6-17-21)20-16(19-13)12-5-3-8-23-12/h3-8,10-11H,9H2,1-2H3,(H,18,19,20,22). The van der Waals surface area contributed by atoms with E-state index in [1.807, 2.05) is 13.8 Å². The first kappa shape index (κ1) is 15.0. The molecule has 0 aliphatic rings. The number of amides is 1. The van der Waals surface area contributed by atoms with E-state index in [1.54, 1.807) is 47.6 Å². The second-order valence-electron chi connectivity index (χ2n) is 5.51. The number of hydrogen-bond donors (Lipinski definition) is 1. The van der Waals surface area contributed by atoms with Gasteiger partial charge in [0.1, 0.15) is 5.82 Å². The van der Waals surface area contributed by atoms with Crippen molar-refractivity contribution in [3.8, 4) is 17.4 Å². The molecule has 0 aromatic carbocycles. The lowest BCUT2D eigenvalue weighted by molar-refractivity contribution is -0.116. The summed E-state index contributed by atoms with van der Waals surface area (Å²) in [5.41, 5.74) is 0. The first-order valence-electron chi connectivity index (χ1n) is 7.34. The van der Waals surface area contributed by atoms with Crippen LogP contribution in [0.5, 0.6) is 0 Å². The van der Waals surface area contributed by atoms with Gasteiger partial charge >= 0.3 is 0 Å². The van der Waals surface area contributed by atoms with Crippen LogP contribution in [0.3, 0.4) is 0 Å². The lowest BCUT2D eigenvalue weighted by Gasteiger charge is -2.09. The van der Waals surface area contributed by atoms with Crippen molar-refractivity contribution in [3.63, 3.8) is 0 Å². The Kier molecular flexibility index (Phi) is 4.18. The molecule has 23 heavy (non-hydrogen) atoms. The summed E-state index contributed by atoms with van der Waals surface area (Å²) < 4.78 is 6.95. The number of nitrogens with zero attached hydrogens (tertiary/aromatic N) is 4. The maximum atomic E-state index is 12.0. The van der Waals surface area contributed by atoms with E-state index in [4.69, 9.17) is 4.42 Å². The van der Waals surface area contributed by atoms with E-state index < -0.39 is 0 Å². The summed E-state index contributed by atoms with van der Waals surface area (Å²) in [5, 5.41) is 6.97. The number of hydrogen-bond acceptors (Lipinski definition) is 5. The number of furan rings is 1. The van der Waals surface area contributed by atoms with Crippen LogP contribution in [0.2, 0.25) is 0 Å². The fourth-order valence-electron chi connectivity index (χ4n) is 2.10. The van der Waals surface area contributed by atoms with E-state index in [2.05, 4.69) is 20.4 Å². The van der Waals surface area contributed by atoms with E-state index >= 15 is 0 Å². The normalized spacial score (nSPS) is 10.9. The second kappa shape index (κ2) is 6.43. The molecule has 0 unspecified atom stereocenters. The molecule has 3 rings (SSSR count). The highest BCUT2D eigenvalue weighted by Gasteiger charge is 2.13. The quantitative estimate of drug-likeness (QED) is 0.783. The third-order valence-corrected chi connectivity index (χ3v) is 3.05. The molecule has 0 saturated carbocycles. The molecule has 1 N–H and O–H groups in total. The van der Waals surface area contributed by atoms with Gasteiger partial charge in [-0.15, -0.1) is 0 Å². The van der Waals surface area contributed by atoms with Gasteiger partial charge in [-0.3, -0.25) is 4.79 Å². The Morgan fingerprint density at radius 1 is 1.35 bits per heavy atom. The Balaban J connectivity index is 1.96. The number of aromatic nitrogens is 4. The van der Waals surface area contributed by atoms with Gasteiger partial charge in [-0.25, -0.2) is 14.6 Å². The summed E-state index contributed by atoms with van der Waals surface area (Å²) in [6, 6.07) is 7.00. The molecule has 3 heterocycles. The lowest BCUT2D eigenvalue weighted by atomic mass is 10.1. The summed E-state index contributed by atoms with van der Waals surface area (Å²) >= 11 is 0. The van der Waals surface area contributed by atoms with Crippen molar-refractivity contribution in [3.05, 3.63) is 42.9 Å². The minimum atomic E-state index is -0.0875. The molecule has 7 nitrogen and oxygen atoms in total. The smallest absolute Gasteiger partial charge is 0.225 e. The highest BCUT2D eigenvalue weighted by Crippen LogP contribution is 2.20. The Morgan fingerprint density at radius 2 is 2.22 bits per heavy atom. The Morgan fingerprint density at radius 3 is 2.87 bits per heavy atom. The Bertz CT molecular complexity index is 726. The van der Waals surface area contributed by atoms with E-state index in [1.165, 1.54) is 0 Å². The summed E-state index contributed by atoms with van der Waals surface area (Å²) in [5.74, 6) is 2.07. The molecule has 1 amide bonds. The van der Waals surface area contributed by atoms with E-state index in [0.29, 0.717) is 29.6 Å². The third kappa shape index (κ3) is 3.63. The minimum Gasteiger partial charge on any atom is -0.461 e. The fraction of sp³-hybridized carbons (Fsp3) is 0.250. The molecule has 0 saturated heterocycles. The van der Waals surface area contributed by atoms with Crippen LogP contribution in [0, 0.1) is 5.92 Å². The van der Waals surface area contributed by atoms with Crippen LogP contribution in [0.4, 0.5) is 5.82 Å².